The zero-order valence-electron chi connectivity index (χ0n) is 18.4. The van der Waals surface area contributed by atoms with E-state index in [2.05, 4.69) is 10.2 Å². The lowest BCUT2D eigenvalue weighted by Crippen LogP contribution is -2.56. The Morgan fingerprint density at radius 1 is 0.939 bits per heavy atom. The van der Waals surface area contributed by atoms with Gasteiger partial charge in [0.1, 0.15) is 18.4 Å². The van der Waals surface area contributed by atoms with E-state index in [1.807, 2.05) is 17.0 Å². The van der Waals surface area contributed by atoms with Crippen LogP contribution < -0.4 is 15.1 Å². The summed E-state index contributed by atoms with van der Waals surface area (Å²) in [6.07, 6.45) is 4.70. The van der Waals surface area contributed by atoms with Crippen LogP contribution in [-0.2, 0) is 9.59 Å². The molecule has 2 aromatic rings. The van der Waals surface area contributed by atoms with E-state index in [0.717, 1.165) is 57.4 Å². The molecule has 3 heterocycles. The average molecular weight is 451 g/mol. The van der Waals surface area contributed by atoms with E-state index >= 15 is 0 Å². The summed E-state index contributed by atoms with van der Waals surface area (Å²) in [5, 5.41) is 2.73. The van der Waals surface area contributed by atoms with E-state index in [4.69, 9.17) is 0 Å². The summed E-state index contributed by atoms with van der Waals surface area (Å²) < 4.78 is 13.2. The SMILES string of the molecule is O=C(CN1C(=O)[C@H]2CCCCN2c2ccc(C(=O)N3CCCC3)cc21)Nc1ccc(F)cc1. The number of hydrogen-bond acceptors (Lipinski definition) is 4. The molecular formula is C25H27FN4O3. The lowest BCUT2D eigenvalue weighted by atomic mass is 9.95. The molecule has 2 saturated heterocycles. The number of piperidine rings is 1. The van der Waals surface area contributed by atoms with Gasteiger partial charge in [0.15, 0.2) is 0 Å². The van der Waals surface area contributed by atoms with Gasteiger partial charge in [0.25, 0.3) is 5.91 Å². The van der Waals surface area contributed by atoms with Crippen LogP contribution >= 0.6 is 0 Å². The molecule has 2 fully saturated rings. The number of likely N-dealkylation sites (tertiary alicyclic amines) is 1. The van der Waals surface area contributed by atoms with E-state index < -0.39 is 0 Å². The molecule has 1 N–H and O–H groups in total. The van der Waals surface area contributed by atoms with E-state index in [-0.39, 0.29) is 36.1 Å². The highest BCUT2D eigenvalue weighted by atomic mass is 19.1. The molecule has 0 radical (unpaired) electrons. The van der Waals surface area contributed by atoms with Crippen LogP contribution in [0.1, 0.15) is 42.5 Å². The quantitative estimate of drug-likeness (QED) is 0.775. The Morgan fingerprint density at radius 3 is 2.42 bits per heavy atom. The number of hydrogen-bond donors (Lipinski definition) is 1. The summed E-state index contributed by atoms with van der Waals surface area (Å²) >= 11 is 0. The summed E-state index contributed by atoms with van der Waals surface area (Å²) in [6, 6.07) is 10.7. The van der Waals surface area contributed by atoms with Gasteiger partial charge in [0.05, 0.1) is 11.4 Å². The molecule has 0 spiro atoms. The molecule has 5 rings (SSSR count). The van der Waals surface area contributed by atoms with Gasteiger partial charge in [0, 0.05) is 30.9 Å². The molecule has 0 aliphatic carbocycles. The number of nitrogens with one attached hydrogen (secondary N) is 1. The lowest BCUT2D eigenvalue weighted by molar-refractivity contribution is -0.123. The predicted octanol–water partition coefficient (Wildman–Crippen LogP) is 3.41. The normalized spacial score (nSPS) is 19.8. The fourth-order valence-corrected chi connectivity index (χ4v) is 5.03. The van der Waals surface area contributed by atoms with Crippen LogP contribution in [0.3, 0.4) is 0 Å². The number of halogens is 1. The molecule has 8 heteroatoms. The van der Waals surface area contributed by atoms with Crippen molar-refractivity contribution in [1.82, 2.24) is 4.90 Å². The number of rotatable bonds is 4. The molecule has 0 bridgehead atoms. The molecule has 172 valence electrons. The summed E-state index contributed by atoms with van der Waals surface area (Å²) in [7, 11) is 0. The summed E-state index contributed by atoms with van der Waals surface area (Å²) in [5.41, 5.74) is 2.47. The molecule has 33 heavy (non-hydrogen) atoms. The van der Waals surface area contributed by atoms with Crippen molar-refractivity contribution in [2.75, 3.05) is 41.3 Å². The minimum absolute atomic E-state index is 0.0424. The maximum Gasteiger partial charge on any atom is 0.253 e. The summed E-state index contributed by atoms with van der Waals surface area (Å²) in [5.74, 6) is -0.927. The van der Waals surface area contributed by atoms with Crippen molar-refractivity contribution < 1.29 is 18.8 Å². The van der Waals surface area contributed by atoms with Crippen LogP contribution in [0.5, 0.6) is 0 Å². The Kier molecular flexibility index (Phi) is 5.74. The van der Waals surface area contributed by atoms with Crippen molar-refractivity contribution >= 4 is 34.8 Å². The Hall–Kier alpha value is -3.42. The fourth-order valence-electron chi connectivity index (χ4n) is 5.03. The van der Waals surface area contributed by atoms with Gasteiger partial charge in [-0.25, -0.2) is 4.39 Å². The van der Waals surface area contributed by atoms with Crippen LogP contribution in [0.25, 0.3) is 0 Å². The summed E-state index contributed by atoms with van der Waals surface area (Å²) in [4.78, 5) is 44.7. The number of nitrogens with zero attached hydrogens (tertiary/aromatic N) is 3. The third kappa shape index (κ3) is 4.17. The van der Waals surface area contributed by atoms with Gasteiger partial charge in [-0.3, -0.25) is 19.3 Å². The zero-order valence-corrected chi connectivity index (χ0v) is 18.4. The molecule has 3 aliphatic heterocycles. The topological polar surface area (TPSA) is 73.0 Å². The second-order valence-electron chi connectivity index (χ2n) is 8.89. The first-order valence-electron chi connectivity index (χ1n) is 11.6. The molecule has 3 amide bonds. The lowest BCUT2D eigenvalue weighted by Gasteiger charge is -2.45. The Balaban J connectivity index is 1.45. The molecule has 1 atom stereocenters. The van der Waals surface area contributed by atoms with Crippen molar-refractivity contribution in [2.24, 2.45) is 0 Å². The number of carbonyl (C=O) groups excluding carboxylic acids is 3. The van der Waals surface area contributed by atoms with Crippen LogP contribution in [0.15, 0.2) is 42.5 Å². The Labute approximate surface area is 192 Å². The minimum Gasteiger partial charge on any atom is -0.358 e. The van der Waals surface area contributed by atoms with Crippen LogP contribution in [0, 0.1) is 5.82 Å². The highest BCUT2D eigenvalue weighted by molar-refractivity contribution is 6.11. The first kappa shape index (κ1) is 21.4. The van der Waals surface area contributed by atoms with Crippen LogP contribution in [-0.4, -0.2) is 54.8 Å². The second-order valence-corrected chi connectivity index (χ2v) is 8.89. The van der Waals surface area contributed by atoms with Crippen LogP contribution in [0.4, 0.5) is 21.5 Å². The van der Waals surface area contributed by atoms with Gasteiger partial charge in [-0.05, 0) is 74.6 Å². The highest BCUT2D eigenvalue weighted by Gasteiger charge is 2.40. The third-order valence-electron chi connectivity index (χ3n) is 6.70. The molecule has 7 nitrogen and oxygen atoms in total. The third-order valence-corrected chi connectivity index (χ3v) is 6.70. The first-order valence-corrected chi connectivity index (χ1v) is 11.6. The van der Waals surface area contributed by atoms with E-state index in [0.29, 0.717) is 16.9 Å². The Bertz CT molecular complexity index is 1080. The van der Waals surface area contributed by atoms with Gasteiger partial charge < -0.3 is 15.1 Å². The van der Waals surface area contributed by atoms with Crippen molar-refractivity contribution in [3.8, 4) is 0 Å². The number of anilines is 3. The molecule has 0 unspecified atom stereocenters. The minimum atomic E-state index is -0.388. The smallest absolute Gasteiger partial charge is 0.253 e. The molecule has 0 saturated carbocycles. The zero-order chi connectivity index (χ0) is 22.9. The number of benzene rings is 2. The second kappa shape index (κ2) is 8.84. The van der Waals surface area contributed by atoms with Gasteiger partial charge in [0.2, 0.25) is 11.8 Å². The van der Waals surface area contributed by atoms with E-state index in [1.165, 1.54) is 29.2 Å². The van der Waals surface area contributed by atoms with Crippen molar-refractivity contribution in [1.29, 1.82) is 0 Å². The van der Waals surface area contributed by atoms with Crippen molar-refractivity contribution in [2.45, 2.75) is 38.1 Å². The van der Waals surface area contributed by atoms with Gasteiger partial charge in [-0.2, -0.15) is 0 Å². The average Bonchev–Trinajstić information content (AvgIpc) is 3.37. The number of carbonyl (C=O) groups is 3. The highest BCUT2D eigenvalue weighted by Crippen LogP contribution is 2.40. The van der Waals surface area contributed by atoms with Crippen LogP contribution in [0.2, 0.25) is 0 Å². The fraction of sp³-hybridized carbons (Fsp3) is 0.400. The standard InChI is InChI=1S/C25H27FN4O3/c26-18-7-9-19(10-8-18)27-23(31)16-30-22-15-17(24(32)28-12-3-4-13-28)6-11-20(22)29-14-2-1-5-21(29)25(30)33/h6-11,15,21H,1-5,12-14,16H2,(H,27,31)/t21-/m1/s1. The number of amides is 3. The molecule has 2 aromatic carbocycles. The van der Waals surface area contributed by atoms with E-state index in [1.54, 1.807) is 6.07 Å². The number of fused-ring (bicyclic) bond motifs is 3. The molecule has 3 aliphatic rings. The van der Waals surface area contributed by atoms with Gasteiger partial charge in [-0.15, -0.1) is 0 Å². The molecular weight excluding hydrogens is 423 g/mol. The maximum absolute atomic E-state index is 13.5. The first-order chi connectivity index (χ1) is 16.0. The maximum atomic E-state index is 13.5. The molecule has 0 aromatic heterocycles. The van der Waals surface area contributed by atoms with Crippen molar-refractivity contribution in [3.05, 3.63) is 53.8 Å². The van der Waals surface area contributed by atoms with E-state index in [9.17, 15) is 18.8 Å². The van der Waals surface area contributed by atoms with Gasteiger partial charge >= 0.3 is 0 Å². The monoisotopic (exact) mass is 450 g/mol. The largest absolute Gasteiger partial charge is 0.358 e. The summed E-state index contributed by atoms with van der Waals surface area (Å²) in [6.45, 7) is 2.09. The Morgan fingerprint density at radius 2 is 1.67 bits per heavy atom. The van der Waals surface area contributed by atoms with Crippen molar-refractivity contribution in [3.63, 3.8) is 0 Å². The predicted molar refractivity (Wildman–Crippen MR) is 124 cm³/mol. The van der Waals surface area contributed by atoms with Gasteiger partial charge in [-0.1, -0.05) is 0 Å².